The highest BCUT2D eigenvalue weighted by Gasteiger charge is 2.17. The van der Waals surface area contributed by atoms with Crippen molar-refractivity contribution in [2.75, 3.05) is 17.7 Å². The van der Waals surface area contributed by atoms with Crippen molar-refractivity contribution in [1.82, 2.24) is 0 Å². The lowest BCUT2D eigenvalue weighted by Gasteiger charge is -2.18. The lowest BCUT2D eigenvalue weighted by molar-refractivity contribution is -0.118. The smallest absolute Gasteiger partial charge is 0.225 e. The Morgan fingerprint density at radius 2 is 1.85 bits per heavy atom. The summed E-state index contributed by atoms with van der Waals surface area (Å²) < 4.78 is 5.21. The molecule has 0 aromatic heterocycles. The van der Waals surface area contributed by atoms with Crippen LogP contribution in [-0.4, -0.2) is 18.9 Å². The number of amides is 2. The van der Waals surface area contributed by atoms with Crippen molar-refractivity contribution < 1.29 is 14.3 Å². The standard InChI is InChI=1S/C15H22N2O3/c1-10(18)16-11-6-7-13(20-5)12(8-11)17-14(19)9-15(2,3)4/h6-8H,9H2,1-5H3,(H,16,18)(H,17,19). The summed E-state index contributed by atoms with van der Waals surface area (Å²) in [5.74, 6) is 0.305. The van der Waals surface area contributed by atoms with Gasteiger partial charge in [-0.05, 0) is 23.6 Å². The molecule has 0 bridgehead atoms. The molecule has 0 radical (unpaired) electrons. The molecule has 0 saturated heterocycles. The second kappa shape index (κ2) is 6.41. The maximum absolute atomic E-state index is 12.0. The van der Waals surface area contributed by atoms with Crippen molar-refractivity contribution in [1.29, 1.82) is 0 Å². The summed E-state index contributed by atoms with van der Waals surface area (Å²) in [6.07, 6.45) is 0.403. The molecule has 0 saturated carbocycles. The van der Waals surface area contributed by atoms with Gasteiger partial charge in [0.2, 0.25) is 11.8 Å². The van der Waals surface area contributed by atoms with Crippen LogP contribution in [0.3, 0.4) is 0 Å². The number of methoxy groups -OCH3 is 1. The van der Waals surface area contributed by atoms with Crippen LogP contribution < -0.4 is 15.4 Å². The minimum atomic E-state index is -0.165. The molecule has 0 atom stereocenters. The predicted molar refractivity (Wildman–Crippen MR) is 80.0 cm³/mol. The van der Waals surface area contributed by atoms with Crippen LogP contribution in [0, 0.1) is 5.41 Å². The third kappa shape index (κ3) is 5.30. The quantitative estimate of drug-likeness (QED) is 0.889. The van der Waals surface area contributed by atoms with Gasteiger partial charge in [0.05, 0.1) is 12.8 Å². The van der Waals surface area contributed by atoms with Gasteiger partial charge in [-0.2, -0.15) is 0 Å². The number of ether oxygens (including phenoxy) is 1. The third-order valence-corrected chi connectivity index (χ3v) is 2.48. The second-order valence-electron chi connectivity index (χ2n) is 5.88. The van der Waals surface area contributed by atoms with Gasteiger partial charge in [-0.15, -0.1) is 0 Å². The summed E-state index contributed by atoms with van der Waals surface area (Å²) in [5.41, 5.74) is 1.07. The molecular weight excluding hydrogens is 256 g/mol. The van der Waals surface area contributed by atoms with E-state index in [4.69, 9.17) is 4.74 Å². The Morgan fingerprint density at radius 1 is 1.20 bits per heavy atom. The molecule has 0 fully saturated rings. The number of hydrogen-bond acceptors (Lipinski definition) is 3. The van der Waals surface area contributed by atoms with Gasteiger partial charge >= 0.3 is 0 Å². The van der Waals surface area contributed by atoms with Gasteiger partial charge < -0.3 is 15.4 Å². The Labute approximate surface area is 119 Å². The average Bonchev–Trinajstić information content (AvgIpc) is 2.25. The van der Waals surface area contributed by atoms with E-state index in [1.165, 1.54) is 14.0 Å². The molecule has 2 amide bonds. The molecule has 1 aromatic carbocycles. The monoisotopic (exact) mass is 278 g/mol. The molecule has 0 unspecified atom stereocenters. The Balaban J connectivity index is 2.91. The number of benzene rings is 1. The van der Waals surface area contributed by atoms with E-state index in [1.54, 1.807) is 18.2 Å². The van der Waals surface area contributed by atoms with Crippen LogP contribution in [-0.2, 0) is 9.59 Å². The number of hydrogen-bond donors (Lipinski definition) is 2. The number of carbonyl (C=O) groups is 2. The fraction of sp³-hybridized carbons (Fsp3) is 0.467. The number of carbonyl (C=O) groups excluding carboxylic acids is 2. The van der Waals surface area contributed by atoms with Crippen LogP contribution in [0.2, 0.25) is 0 Å². The summed E-state index contributed by atoms with van der Waals surface area (Å²) in [6, 6.07) is 5.11. The van der Waals surface area contributed by atoms with E-state index in [1.807, 2.05) is 20.8 Å². The van der Waals surface area contributed by atoms with Crippen molar-refractivity contribution in [2.45, 2.75) is 34.1 Å². The van der Waals surface area contributed by atoms with Crippen molar-refractivity contribution in [2.24, 2.45) is 5.41 Å². The van der Waals surface area contributed by atoms with E-state index in [9.17, 15) is 9.59 Å². The number of nitrogens with one attached hydrogen (secondary N) is 2. The largest absolute Gasteiger partial charge is 0.495 e. The molecule has 1 aromatic rings. The van der Waals surface area contributed by atoms with Crippen molar-refractivity contribution >= 4 is 23.2 Å². The molecule has 0 aliphatic carbocycles. The minimum Gasteiger partial charge on any atom is -0.495 e. The van der Waals surface area contributed by atoms with E-state index >= 15 is 0 Å². The SMILES string of the molecule is COc1ccc(NC(C)=O)cc1NC(=O)CC(C)(C)C. The van der Waals surface area contributed by atoms with Gasteiger partial charge in [-0.25, -0.2) is 0 Å². The summed E-state index contributed by atoms with van der Waals surface area (Å²) in [6.45, 7) is 7.43. The maximum Gasteiger partial charge on any atom is 0.225 e. The van der Waals surface area contributed by atoms with Gasteiger partial charge in [0, 0.05) is 19.0 Å². The molecule has 2 N–H and O–H groups in total. The Kier molecular flexibility index (Phi) is 5.13. The first-order valence-electron chi connectivity index (χ1n) is 6.47. The molecule has 20 heavy (non-hydrogen) atoms. The van der Waals surface area contributed by atoms with E-state index in [2.05, 4.69) is 10.6 Å². The van der Waals surface area contributed by atoms with Crippen LogP contribution in [0.25, 0.3) is 0 Å². The zero-order valence-corrected chi connectivity index (χ0v) is 12.7. The van der Waals surface area contributed by atoms with Crippen molar-refractivity contribution in [3.63, 3.8) is 0 Å². The molecule has 1 rings (SSSR count). The fourth-order valence-electron chi connectivity index (χ4n) is 1.76. The van der Waals surface area contributed by atoms with Crippen molar-refractivity contribution in [3.8, 4) is 5.75 Å². The van der Waals surface area contributed by atoms with Gasteiger partial charge in [-0.3, -0.25) is 9.59 Å². The third-order valence-electron chi connectivity index (χ3n) is 2.48. The summed E-state index contributed by atoms with van der Waals surface area (Å²) in [5, 5.41) is 5.49. The number of anilines is 2. The molecule has 0 aliphatic heterocycles. The highest BCUT2D eigenvalue weighted by atomic mass is 16.5. The highest BCUT2D eigenvalue weighted by Crippen LogP contribution is 2.29. The first-order valence-corrected chi connectivity index (χ1v) is 6.47. The van der Waals surface area contributed by atoms with Crippen LogP contribution in [0.1, 0.15) is 34.1 Å². The van der Waals surface area contributed by atoms with Crippen LogP contribution in [0.4, 0.5) is 11.4 Å². The van der Waals surface area contributed by atoms with Crippen LogP contribution in [0.15, 0.2) is 18.2 Å². The Hall–Kier alpha value is -2.04. The van der Waals surface area contributed by atoms with Gasteiger partial charge in [0.1, 0.15) is 5.75 Å². The molecule has 0 aliphatic rings. The Morgan fingerprint density at radius 3 is 2.35 bits per heavy atom. The average molecular weight is 278 g/mol. The predicted octanol–water partition coefficient (Wildman–Crippen LogP) is 3.03. The molecule has 0 heterocycles. The first-order chi connectivity index (χ1) is 9.21. The van der Waals surface area contributed by atoms with Gasteiger partial charge in [-0.1, -0.05) is 20.8 Å². The number of rotatable bonds is 4. The van der Waals surface area contributed by atoms with Crippen LogP contribution >= 0.6 is 0 Å². The molecule has 110 valence electrons. The summed E-state index contributed by atoms with van der Waals surface area (Å²) >= 11 is 0. The molecule has 5 nitrogen and oxygen atoms in total. The minimum absolute atomic E-state index is 0.0872. The summed E-state index contributed by atoms with van der Waals surface area (Å²) in [4.78, 5) is 23.0. The topological polar surface area (TPSA) is 67.4 Å². The van der Waals surface area contributed by atoms with E-state index < -0.39 is 0 Å². The van der Waals surface area contributed by atoms with E-state index in [0.717, 1.165) is 0 Å². The van der Waals surface area contributed by atoms with Crippen LogP contribution in [0.5, 0.6) is 5.75 Å². The lowest BCUT2D eigenvalue weighted by Crippen LogP contribution is -2.20. The zero-order valence-electron chi connectivity index (χ0n) is 12.7. The second-order valence-corrected chi connectivity index (χ2v) is 5.88. The fourth-order valence-corrected chi connectivity index (χ4v) is 1.76. The maximum atomic E-state index is 12.0. The normalized spacial score (nSPS) is 10.8. The van der Waals surface area contributed by atoms with Crippen molar-refractivity contribution in [3.05, 3.63) is 18.2 Å². The van der Waals surface area contributed by atoms with E-state index in [-0.39, 0.29) is 17.2 Å². The van der Waals surface area contributed by atoms with E-state index in [0.29, 0.717) is 23.5 Å². The molecule has 0 spiro atoms. The first kappa shape index (κ1) is 16.0. The summed E-state index contributed by atoms with van der Waals surface area (Å²) in [7, 11) is 1.53. The zero-order chi connectivity index (χ0) is 15.3. The lowest BCUT2D eigenvalue weighted by atomic mass is 9.92. The molecular formula is C15H22N2O3. The van der Waals surface area contributed by atoms with Gasteiger partial charge in [0.15, 0.2) is 0 Å². The molecule has 5 heteroatoms. The highest BCUT2D eigenvalue weighted by molar-refractivity contribution is 5.95. The Bertz CT molecular complexity index is 504. The van der Waals surface area contributed by atoms with Gasteiger partial charge in [0.25, 0.3) is 0 Å².